The molecule has 0 radical (unpaired) electrons. The Kier molecular flexibility index (Phi) is 7.47. The van der Waals surface area contributed by atoms with E-state index in [1.807, 2.05) is 19.1 Å². The normalized spacial score (nSPS) is 17.9. The molecule has 4 N–H and O–H groups in total. The lowest BCUT2D eigenvalue weighted by atomic mass is 9.92. The van der Waals surface area contributed by atoms with Gasteiger partial charge in [-0.25, -0.2) is 27.8 Å². The van der Waals surface area contributed by atoms with E-state index in [-0.39, 0.29) is 16.0 Å². The smallest absolute Gasteiger partial charge is 0.264 e. The molecule has 2 aromatic heterocycles. The first-order valence-electron chi connectivity index (χ1n) is 12.5. The van der Waals surface area contributed by atoms with E-state index in [4.69, 9.17) is 22.3 Å². The topological polar surface area (TPSA) is 123 Å². The van der Waals surface area contributed by atoms with E-state index in [0.29, 0.717) is 24.0 Å². The minimum Gasteiger partial charge on any atom is -0.351 e. The first kappa shape index (κ1) is 26.3. The average Bonchev–Trinajstić information content (AvgIpc) is 2.90. The summed E-state index contributed by atoms with van der Waals surface area (Å²) in [6, 6.07) is 11.6. The fourth-order valence-electron chi connectivity index (χ4n) is 4.69. The average molecular weight is 555 g/mol. The molecule has 0 aliphatic heterocycles. The van der Waals surface area contributed by atoms with Gasteiger partial charge in [0.15, 0.2) is 11.6 Å². The summed E-state index contributed by atoms with van der Waals surface area (Å²) in [4.78, 5) is 13.2. The summed E-state index contributed by atoms with van der Waals surface area (Å²) in [5.41, 5.74) is 9.06. The standard InChI is InChI=1S/C27H28ClFN6O2S/c1-2-16-11-17(12-19-15-32-27(34-25(16)19)33-21-9-7-20(30)8-10-21)18-13-23(29)26(31-14-18)35-38(36,37)24-6-4-3-5-22(24)28/h3-6,11-15,20-21H,2,7-10,30H2,1H3,(H,31,35)(H,32,33,34)/t20-,21-. The van der Waals surface area contributed by atoms with Gasteiger partial charge in [-0.05, 0) is 73.6 Å². The molecule has 4 aromatic rings. The molecule has 1 saturated carbocycles. The number of nitrogens with one attached hydrogen (secondary N) is 2. The van der Waals surface area contributed by atoms with Crippen LogP contribution in [-0.4, -0.2) is 35.5 Å². The molecule has 1 fully saturated rings. The van der Waals surface area contributed by atoms with Crippen LogP contribution < -0.4 is 15.8 Å². The maximum absolute atomic E-state index is 15.0. The number of aromatic nitrogens is 3. The van der Waals surface area contributed by atoms with Gasteiger partial charge < -0.3 is 11.1 Å². The molecule has 5 rings (SSSR count). The van der Waals surface area contributed by atoms with Crippen molar-refractivity contribution in [1.29, 1.82) is 0 Å². The number of nitrogens with zero attached hydrogens (tertiary/aromatic N) is 3. The number of halogens is 2. The number of aryl methyl sites for hydroxylation is 1. The third kappa shape index (κ3) is 5.57. The van der Waals surface area contributed by atoms with Crippen LogP contribution in [0.25, 0.3) is 22.0 Å². The molecule has 0 spiro atoms. The van der Waals surface area contributed by atoms with E-state index in [1.54, 1.807) is 12.3 Å². The number of rotatable bonds is 7. The van der Waals surface area contributed by atoms with Crippen molar-refractivity contribution in [2.75, 3.05) is 10.0 Å². The van der Waals surface area contributed by atoms with Crippen molar-refractivity contribution in [3.8, 4) is 11.1 Å². The lowest BCUT2D eigenvalue weighted by Crippen LogP contribution is -2.33. The number of hydrogen-bond acceptors (Lipinski definition) is 7. The van der Waals surface area contributed by atoms with Gasteiger partial charge in [0.05, 0.1) is 10.5 Å². The zero-order chi connectivity index (χ0) is 26.9. The Labute approximate surface area is 225 Å². The van der Waals surface area contributed by atoms with Crippen molar-refractivity contribution in [2.24, 2.45) is 5.73 Å². The summed E-state index contributed by atoms with van der Waals surface area (Å²) in [6.07, 6.45) is 7.86. The number of fused-ring (bicyclic) bond motifs is 1. The molecule has 0 saturated heterocycles. The Hall–Kier alpha value is -3.34. The van der Waals surface area contributed by atoms with Crippen LogP contribution >= 0.6 is 11.6 Å². The van der Waals surface area contributed by atoms with Gasteiger partial charge in [0.2, 0.25) is 5.95 Å². The van der Waals surface area contributed by atoms with Crippen LogP contribution in [0.15, 0.2) is 59.8 Å². The van der Waals surface area contributed by atoms with Crippen LogP contribution in [0.3, 0.4) is 0 Å². The largest absolute Gasteiger partial charge is 0.351 e. The third-order valence-electron chi connectivity index (χ3n) is 6.78. The monoisotopic (exact) mass is 554 g/mol. The Morgan fingerprint density at radius 2 is 1.82 bits per heavy atom. The van der Waals surface area contributed by atoms with Crippen molar-refractivity contribution in [3.63, 3.8) is 0 Å². The van der Waals surface area contributed by atoms with E-state index >= 15 is 4.39 Å². The maximum Gasteiger partial charge on any atom is 0.264 e. The number of pyridine rings is 1. The molecule has 8 nitrogen and oxygen atoms in total. The van der Waals surface area contributed by atoms with E-state index in [2.05, 4.69) is 20.0 Å². The number of anilines is 2. The van der Waals surface area contributed by atoms with Gasteiger partial charge in [0.1, 0.15) is 4.90 Å². The predicted octanol–water partition coefficient (Wildman–Crippen LogP) is 5.53. The maximum atomic E-state index is 15.0. The van der Waals surface area contributed by atoms with Crippen molar-refractivity contribution >= 4 is 44.3 Å². The van der Waals surface area contributed by atoms with Gasteiger partial charge in [0, 0.05) is 35.4 Å². The summed E-state index contributed by atoms with van der Waals surface area (Å²) in [5.74, 6) is -0.629. The lowest BCUT2D eigenvalue weighted by Gasteiger charge is -2.26. The van der Waals surface area contributed by atoms with Crippen LogP contribution in [-0.2, 0) is 16.4 Å². The molecule has 11 heteroatoms. The zero-order valence-electron chi connectivity index (χ0n) is 20.8. The van der Waals surface area contributed by atoms with E-state index < -0.39 is 21.7 Å². The number of hydrogen-bond donors (Lipinski definition) is 3. The van der Waals surface area contributed by atoms with Crippen molar-refractivity contribution in [3.05, 3.63) is 71.3 Å². The molecule has 1 aliphatic carbocycles. The van der Waals surface area contributed by atoms with Crippen LogP contribution in [0.4, 0.5) is 16.2 Å². The Morgan fingerprint density at radius 1 is 1.05 bits per heavy atom. The fraction of sp³-hybridized carbons (Fsp3) is 0.296. The van der Waals surface area contributed by atoms with Crippen LogP contribution in [0, 0.1) is 5.82 Å². The summed E-state index contributed by atoms with van der Waals surface area (Å²) >= 11 is 6.01. The number of benzene rings is 2. The summed E-state index contributed by atoms with van der Waals surface area (Å²) < 4.78 is 42.6. The number of sulfonamides is 1. The van der Waals surface area contributed by atoms with Gasteiger partial charge in [-0.2, -0.15) is 0 Å². The minimum atomic E-state index is -4.11. The highest BCUT2D eigenvalue weighted by Gasteiger charge is 2.21. The van der Waals surface area contributed by atoms with E-state index in [9.17, 15) is 8.42 Å². The van der Waals surface area contributed by atoms with Crippen LogP contribution in [0.1, 0.15) is 38.2 Å². The van der Waals surface area contributed by atoms with Crippen LogP contribution in [0.5, 0.6) is 0 Å². The molecule has 2 aromatic carbocycles. The first-order valence-corrected chi connectivity index (χ1v) is 14.3. The second-order valence-electron chi connectivity index (χ2n) is 9.47. The van der Waals surface area contributed by atoms with Gasteiger partial charge >= 0.3 is 0 Å². The SMILES string of the molecule is CCc1cc(-c2cnc(NS(=O)(=O)c3ccccc3Cl)c(F)c2)cc2cnc(N[C@H]3CC[C@H](N)CC3)nc12. The Bertz CT molecular complexity index is 1590. The summed E-state index contributed by atoms with van der Waals surface area (Å²) in [5, 5.41) is 4.29. The summed E-state index contributed by atoms with van der Waals surface area (Å²) in [6.45, 7) is 2.03. The molecule has 0 amide bonds. The second kappa shape index (κ2) is 10.8. The molecule has 38 heavy (non-hydrogen) atoms. The van der Waals surface area contributed by atoms with E-state index in [1.165, 1.54) is 30.5 Å². The summed E-state index contributed by atoms with van der Waals surface area (Å²) in [7, 11) is -4.11. The van der Waals surface area contributed by atoms with E-state index in [0.717, 1.165) is 47.7 Å². The van der Waals surface area contributed by atoms with Crippen molar-refractivity contribution < 1.29 is 12.8 Å². The second-order valence-corrected chi connectivity index (χ2v) is 11.5. The quantitative estimate of drug-likeness (QED) is 0.274. The molecule has 0 unspecified atom stereocenters. The minimum absolute atomic E-state index is 0.0313. The first-order chi connectivity index (χ1) is 18.2. The third-order valence-corrected chi connectivity index (χ3v) is 8.62. The van der Waals surface area contributed by atoms with Crippen molar-refractivity contribution in [2.45, 2.75) is 56.0 Å². The van der Waals surface area contributed by atoms with Crippen LogP contribution in [0.2, 0.25) is 5.02 Å². The Morgan fingerprint density at radius 3 is 2.53 bits per heavy atom. The molecular formula is C27H28ClFN6O2S. The van der Waals surface area contributed by atoms with Crippen molar-refractivity contribution in [1.82, 2.24) is 15.0 Å². The molecule has 198 valence electrons. The molecule has 0 atom stereocenters. The Balaban J connectivity index is 1.41. The number of nitrogens with two attached hydrogens (primary N) is 1. The molecular weight excluding hydrogens is 527 g/mol. The highest BCUT2D eigenvalue weighted by molar-refractivity contribution is 7.92. The predicted molar refractivity (Wildman–Crippen MR) is 148 cm³/mol. The van der Waals surface area contributed by atoms with Gasteiger partial charge in [-0.3, -0.25) is 4.72 Å². The van der Waals surface area contributed by atoms with Gasteiger partial charge in [0.25, 0.3) is 10.0 Å². The highest BCUT2D eigenvalue weighted by Crippen LogP contribution is 2.30. The lowest BCUT2D eigenvalue weighted by molar-refractivity contribution is 0.410. The fourth-order valence-corrected chi connectivity index (χ4v) is 6.22. The molecule has 2 heterocycles. The highest BCUT2D eigenvalue weighted by atomic mass is 35.5. The molecule has 0 bridgehead atoms. The molecule has 1 aliphatic rings. The van der Waals surface area contributed by atoms with Gasteiger partial charge in [-0.15, -0.1) is 0 Å². The zero-order valence-corrected chi connectivity index (χ0v) is 22.4. The van der Waals surface area contributed by atoms with Gasteiger partial charge in [-0.1, -0.05) is 30.7 Å².